The molecule has 1 aromatic carbocycles. The molecular weight excluding hydrogens is 282 g/mol. The van der Waals surface area contributed by atoms with Gasteiger partial charge in [0.15, 0.2) is 11.6 Å². The number of ketones is 2. The summed E-state index contributed by atoms with van der Waals surface area (Å²) < 4.78 is 1.10. The predicted octanol–water partition coefficient (Wildman–Crippen LogP) is 3.64. The van der Waals surface area contributed by atoms with E-state index in [1.807, 2.05) is 24.3 Å². The molecule has 106 valence electrons. The average Bonchev–Trinajstić information content (AvgIpc) is 2.90. The van der Waals surface area contributed by atoms with Crippen molar-refractivity contribution in [2.75, 3.05) is 0 Å². The van der Waals surface area contributed by atoms with E-state index in [1.54, 1.807) is 32.1 Å². The Morgan fingerprint density at radius 1 is 0.952 bits per heavy atom. The zero-order valence-electron chi connectivity index (χ0n) is 12.2. The fourth-order valence-electron chi connectivity index (χ4n) is 2.52. The minimum absolute atomic E-state index is 0.0242. The van der Waals surface area contributed by atoms with Crippen molar-refractivity contribution in [3.63, 3.8) is 0 Å². The molecule has 0 radical (unpaired) electrons. The van der Waals surface area contributed by atoms with E-state index in [-0.39, 0.29) is 11.6 Å². The van der Waals surface area contributed by atoms with E-state index in [0.717, 1.165) is 15.2 Å². The Labute approximate surface area is 127 Å². The van der Waals surface area contributed by atoms with Crippen LogP contribution >= 0.6 is 11.3 Å². The van der Waals surface area contributed by atoms with Crippen molar-refractivity contribution in [2.45, 2.75) is 27.2 Å². The zero-order valence-corrected chi connectivity index (χ0v) is 13.0. The summed E-state index contributed by atoms with van der Waals surface area (Å²) in [6.07, 6.45) is 0.431. The second-order valence-corrected chi connectivity index (χ2v) is 6.38. The van der Waals surface area contributed by atoms with Gasteiger partial charge in [0.2, 0.25) is 0 Å². The second-order valence-electron chi connectivity index (χ2n) is 5.26. The smallest absolute Gasteiger partial charge is 0.185 e. The van der Waals surface area contributed by atoms with Gasteiger partial charge >= 0.3 is 0 Å². The molecule has 3 rings (SSSR count). The summed E-state index contributed by atoms with van der Waals surface area (Å²) in [6.45, 7) is 5.17. The molecule has 21 heavy (non-hydrogen) atoms. The van der Waals surface area contributed by atoms with Crippen LogP contribution in [0.2, 0.25) is 0 Å². The molecule has 2 aromatic rings. The van der Waals surface area contributed by atoms with Crippen LogP contribution < -0.4 is 0 Å². The number of benzene rings is 1. The van der Waals surface area contributed by atoms with Crippen LogP contribution in [-0.2, 0) is 16.0 Å². The normalized spacial score (nSPS) is 16.3. The molecular formula is C17H15NO2S. The molecule has 0 saturated carbocycles. The zero-order chi connectivity index (χ0) is 15.1. The molecule has 1 aliphatic rings. The summed E-state index contributed by atoms with van der Waals surface area (Å²) in [5, 5.41) is 0.874. The van der Waals surface area contributed by atoms with Crippen molar-refractivity contribution in [3.05, 3.63) is 51.6 Å². The minimum atomic E-state index is -0.0248. The third-order valence-electron chi connectivity index (χ3n) is 3.98. The molecule has 1 aromatic heterocycles. The molecule has 4 heteroatoms. The monoisotopic (exact) mass is 297 g/mol. The molecule has 0 N–H and O–H groups in total. The van der Waals surface area contributed by atoms with E-state index >= 15 is 0 Å². The summed E-state index contributed by atoms with van der Waals surface area (Å²) in [5.74, 6) is -0.0490. The molecule has 0 unspecified atom stereocenters. The maximum atomic E-state index is 12.4. The molecule has 0 aliphatic heterocycles. The van der Waals surface area contributed by atoms with Crippen molar-refractivity contribution in [2.24, 2.45) is 0 Å². The Hall–Kier alpha value is -2.07. The standard InChI is InChI=1S/C17H15NO2S/c1-9-10(2)17(20)12(11(3)16(9)19)8-15-18-13-6-4-5-7-14(13)21-15/h4-7H,8H2,1-3H3. The number of hydrogen-bond acceptors (Lipinski definition) is 4. The van der Waals surface area contributed by atoms with E-state index < -0.39 is 0 Å². The van der Waals surface area contributed by atoms with E-state index in [1.165, 1.54) is 0 Å². The molecule has 0 bridgehead atoms. The number of para-hydroxylation sites is 1. The third kappa shape index (κ3) is 2.25. The fraction of sp³-hybridized carbons (Fsp3) is 0.235. The fourth-order valence-corrected chi connectivity index (χ4v) is 3.49. The first-order valence-electron chi connectivity index (χ1n) is 6.80. The van der Waals surface area contributed by atoms with Crippen molar-refractivity contribution in [1.29, 1.82) is 0 Å². The van der Waals surface area contributed by atoms with Gasteiger partial charge in [-0.3, -0.25) is 9.59 Å². The van der Waals surface area contributed by atoms with Gasteiger partial charge in [0.1, 0.15) is 0 Å². The van der Waals surface area contributed by atoms with Gasteiger partial charge < -0.3 is 0 Å². The Morgan fingerprint density at radius 2 is 1.62 bits per heavy atom. The highest BCUT2D eigenvalue weighted by atomic mass is 32.1. The number of carbonyl (C=O) groups excluding carboxylic acids is 2. The first-order chi connectivity index (χ1) is 9.99. The topological polar surface area (TPSA) is 47.0 Å². The minimum Gasteiger partial charge on any atom is -0.289 e. The number of aromatic nitrogens is 1. The largest absolute Gasteiger partial charge is 0.289 e. The summed E-state index contributed by atoms with van der Waals surface area (Å²) in [6, 6.07) is 7.89. The first kappa shape index (κ1) is 13.9. The maximum absolute atomic E-state index is 12.4. The van der Waals surface area contributed by atoms with E-state index in [2.05, 4.69) is 4.98 Å². The number of rotatable bonds is 2. The number of carbonyl (C=O) groups is 2. The van der Waals surface area contributed by atoms with Crippen LogP contribution in [0.3, 0.4) is 0 Å². The highest BCUT2D eigenvalue weighted by molar-refractivity contribution is 7.18. The van der Waals surface area contributed by atoms with Crippen molar-refractivity contribution < 1.29 is 9.59 Å². The van der Waals surface area contributed by atoms with Crippen LogP contribution in [0.5, 0.6) is 0 Å². The van der Waals surface area contributed by atoms with E-state index in [0.29, 0.717) is 28.7 Å². The number of hydrogen-bond donors (Lipinski definition) is 0. The maximum Gasteiger partial charge on any atom is 0.185 e. The van der Waals surface area contributed by atoms with Gasteiger partial charge in [-0.1, -0.05) is 12.1 Å². The number of nitrogens with zero attached hydrogens (tertiary/aromatic N) is 1. The molecule has 0 amide bonds. The van der Waals surface area contributed by atoms with Crippen molar-refractivity contribution >= 4 is 33.1 Å². The average molecular weight is 297 g/mol. The Bertz CT molecular complexity index is 806. The first-order valence-corrected chi connectivity index (χ1v) is 7.61. The highest BCUT2D eigenvalue weighted by Crippen LogP contribution is 2.29. The molecule has 3 nitrogen and oxygen atoms in total. The molecule has 0 fully saturated rings. The number of thiazole rings is 1. The van der Waals surface area contributed by atoms with Gasteiger partial charge in [-0.2, -0.15) is 0 Å². The summed E-state index contributed by atoms with van der Waals surface area (Å²) in [7, 11) is 0. The predicted molar refractivity (Wildman–Crippen MR) is 84.4 cm³/mol. The van der Waals surface area contributed by atoms with Crippen LogP contribution in [0, 0.1) is 0 Å². The van der Waals surface area contributed by atoms with Gasteiger partial charge in [0.25, 0.3) is 0 Å². The van der Waals surface area contributed by atoms with Gasteiger partial charge in [-0.25, -0.2) is 4.98 Å². The van der Waals surface area contributed by atoms with Crippen molar-refractivity contribution in [3.8, 4) is 0 Å². The Kier molecular flexibility index (Phi) is 3.33. The summed E-state index contributed by atoms with van der Waals surface area (Å²) in [5.41, 5.74) is 3.20. The van der Waals surface area contributed by atoms with Gasteiger partial charge in [0.05, 0.1) is 15.2 Å². The summed E-state index contributed by atoms with van der Waals surface area (Å²) >= 11 is 1.57. The molecule has 0 spiro atoms. The quantitative estimate of drug-likeness (QED) is 0.795. The van der Waals surface area contributed by atoms with Gasteiger partial charge in [-0.15, -0.1) is 11.3 Å². The number of Topliss-reactive ketones (excluding diaryl/α,β-unsaturated/α-hetero) is 2. The van der Waals surface area contributed by atoms with Crippen LogP contribution in [-0.4, -0.2) is 16.6 Å². The molecule has 1 heterocycles. The highest BCUT2D eigenvalue weighted by Gasteiger charge is 2.28. The lowest BCUT2D eigenvalue weighted by molar-refractivity contribution is -0.116. The molecule has 0 saturated heterocycles. The molecule has 1 aliphatic carbocycles. The Balaban J connectivity index is 2.00. The second kappa shape index (κ2) is 5.04. The SMILES string of the molecule is CC1=C(C)C(=O)C(Cc2nc3ccccc3s2)=C(C)C1=O. The van der Waals surface area contributed by atoms with Crippen LogP contribution in [0.4, 0.5) is 0 Å². The lowest BCUT2D eigenvalue weighted by atomic mass is 9.85. The van der Waals surface area contributed by atoms with Gasteiger partial charge in [0, 0.05) is 28.7 Å². The third-order valence-corrected chi connectivity index (χ3v) is 5.01. The van der Waals surface area contributed by atoms with Crippen molar-refractivity contribution in [1.82, 2.24) is 4.98 Å². The lowest BCUT2D eigenvalue weighted by Crippen LogP contribution is -2.21. The van der Waals surface area contributed by atoms with Crippen LogP contribution in [0.1, 0.15) is 25.8 Å². The lowest BCUT2D eigenvalue weighted by Gasteiger charge is -2.17. The van der Waals surface area contributed by atoms with Gasteiger partial charge in [-0.05, 0) is 32.9 Å². The number of fused-ring (bicyclic) bond motifs is 1. The van der Waals surface area contributed by atoms with Crippen LogP contribution in [0.15, 0.2) is 46.6 Å². The Morgan fingerprint density at radius 3 is 2.33 bits per heavy atom. The van der Waals surface area contributed by atoms with E-state index in [4.69, 9.17) is 0 Å². The van der Waals surface area contributed by atoms with E-state index in [9.17, 15) is 9.59 Å². The number of allylic oxidation sites excluding steroid dienone is 4. The summed E-state index contributed by atoms with van der Waals surface area (Å²) in [4.78, 5) is 29.1. The molecule has 0 atom stereocenters. The van der Waals surface area contributed by atoms with Crippen LogP contribution in [0.25, 0.3) is 10.2 Å².